The number of piperidine rings is 1. The molecule has 5 N–H and O–H groups in total. The van der Waals surface area contributed by atoms with Crippen molar-refractivity contribution in [1.82, 2.24) is 40.9 Å². The van der Waals surface area contributed by atoms with Crippen LogP contribution in [0.5, 0.6) is 11.5 Å². The minimum atomic E-state index is -1.52. The lowest BCUT2D eigenvalue weighted by Crippen LogP contribution is -2.58. The number of hydrogen-bond acceptors (Lipinski definition) is 16. The molecule has 0 saturated carbocycles. The standard InChI is InChI=1S/C77H95N9O15/c1-50(2)43-61-73(94)83(5)42-39-78-38-37-68(90)100-49-77(3,4)70(91)75(96)86-40-16-15-25-60(86)76(97)101-62(33-31-52-32-34-63(98-7)64(45-52)99-8)56-23-17-24-57(47-56)80-65(87)35-36-66(88)82-69(55-21-13-10-14-22-55)71(92)81-58(72(93)85-41-18-26-59(85)74(95)84(61)6)44-51-27-29-53(30-28-51)46-67(89)79-48-54-19-11-9-12-20-54/h9-14,17,19-24,27-30,32,34,37-38,45,47,50,58-62,69,78H,15-16,18,25-26,31,33,35-36,39-44,46,48-49H2,1-8H3,(H,79,89)(H,80,87)(H,81,92)(H,82,88)/b38-37+/t58-,59+,60-,61-,62+,69-/m0/s1. The summed E-state index contributed by atoms with van der Waals surface area (Å²) in [6.07, 6.45) is 3.53. The van der Waals surface area contributed by atoms with Gasteiger partial charge < -0.3 is 65.1 Å². The predicted octanol–water partition coefficient (Wildman–Crippen LogP) is 7.04. The number of carbonyl (C=O) groups is 11. The molecule has 8 amide bonds. The maximum atomic E-state index is 15.3. The topological polar surface area (TPSA) is 298 Å². The molecular formula is C77H95N9O15. The molecule has 2 saturated heterocycles. The van der Waals surface area contributed by atoms with Crippen molar-refractivity contribution in [3.63, 3.8) is 0 Å². The van der Waals surface area contributed by atoms with Crippen LogP contribution in [0, 0.1) is 11.3 Å². The molecule has 5 aromatic rings. The smallest absolute Gasteiger partial charge is 0.332 e. The highest BCUT2D eigenvalue weighted by Gasteiger charge is 2.44. The zero-order chi connectivity index (χ0) is 72.8. The van der Waals surface area contributed by atoms with Gasteiger partial charge in [0.25, 0.3) is 5.91 Å². The molecule has 0 radical (unpaired) electrons. The van der Waals surface area contributed by atoms with E-state index in [-0.39, 0.29) is 95.3 Å². The summed E-state index contributed by atoms with van der Waals surface area (Å²) in [7, 11) is 6.17. The molecule has 8 rings (SSSR count). The van der Waals surface area contributed by atoms with Crippen molar-refractivity contribution in [2.24, 2.45) is 11.3 Å². The van der Waals surface area contributed by atoms with E-state index in [1.807, 2.05) is 50.2 Å². The van der Waals surface area contributed by atoms with Crippen molar-refractivity contribution in [3.8, 4) is 11.5 Å². The summed E-state index contributed by atoms with van der Waals surface area (Å²) in [6.45, 7) is 7.19. The Morgan fingerprint density at radius 2 is 1.33 bits per heavy atom. The highest BCUT2D eigenvalue weighted by Crippen LogP contribution is 2.33. The van der Waals surface area contributed by atoms with E-state index in [0.29, 0.717) is 71.7 Å². The number of ketones is 1. The van der Waals surface area contributed by atoms with Gasteiger partial charge >= 0.3 is 11.9 Å². The van der Waals surface area contributed by atoms with Crippen LogP contribution in [-0.2, 0) is 88.0 Å². The number of aryl methyl sites for hydroxylation is 1. The number of anilines is 1. The third-order valence-corrected chi connectivity index (χ3v) is 18.3. The number of fused-ring (bicyclic) bond motifs is 4. The quantitative estimate of drug-likeness (QED) is 0.0550. The average molecular weight is 1390 g/mol. The minimum absolute atomic E-state index is 0.0520. The fourth-order valence-corrected chi connectivity index (χ4v) is 12.6. The van der Waals surface area contributed by atoms with Gasteiger partial charge in [-0.25, -0.2) is 9.59 Å². The first-order valence-electron chi connectivity index (χ1n) is 34.5. The van der Waals surface area contributed by atoms with Crippen molar-refractivity contribution in [1.29, 1.82) is 0 Å². The SMILES string of the molecule is COc1ccc(CC[C@H]2OC(=O)[C@@H]3CCCCN3C(=O)C(=O)C(C)(C)COC(=O)/C=C/NCCN(C)C(=O)[C@H](CC(C)C)N(C)C(=O)[C@H]3CCCN3C(=O)[C@H](Cc3ccc(CC(=O)NCc4ccccc4)cc3)NC(=O)[C@H](c3ccccc3)NC(=O)CCC(=O)Nc3cccc2c3)cc1OC. The normalized spacial score (nSPS) is 21.9. The van der Waals surface area contributed by atoms with Crippen LogP contribution >= 0.6 is 0 Å². The Morgan fingerprint density at radius 3 is 2.04 bits per heavy atom. The second kappa shape index (κ2) is 36.6. The van der Waals surface area contributed by atoms with Gasteiger partial charge in [-0.05, 0) is 129 Å². The summed E-state index contributed by atoms with van der Waals surface area (Å²) in [4.78, 5) is 162. The number of cyclic esters (lactones) is 2. The molecule has 5 aromatic carbocycles. The number of rotatable bonds is 14. The van der Waals surface area contributed by atoms with E-state index in [1.54, 1.807) is 98.0 Å². The van der Waals surface area contributed by atoms with E-state index in [0.717, 1.165) is 17.2 Å². The van der Waals surface area contributed by atoms with Gasteiger partial charge in [-0.15, -0.1) is 0 Å². The van der Waals surface area contributed by atoms with Crippen LogP contribution in [0.2, 0.25) is 0 Å². The van der Waals surface area contributed by atoms with Crippen LogP contribution in [0.4, 0.5) is 5.69 Å². The van der Waals surface area contributed by atoms with Gasteiger partial charge in [0.1, 0.15) is 42.9 Å². The lowest BCUT2D eigenvalue weighted by Gasteiger charge is -2.36. The van der Waals surface area contributed by atoms with Crippen LogP contribution in [-0.4, -0.2) is 170 Å². The number of hydrogen-bond donors (Lipinski definition) is 5. The number of esters is 2. The number of Topliss-reactive ketones (excluding diaryl/α,β-unsaturated/α-hetero) is 1. The average Bonchev–Trinajstić information content (AvgIpc) is 1.79. The van der Waals surface area contributed by atoms with Gasteiger partial charge in [0.15, 0.2) is 11.5 Å². The molecule has 6 atom stereocenters. The number of amides is 8. The van der Waals surface area contributed by atoms with Crippen LogP contribution in [0.15, 0.2) is 140 Å². The van der Waals surface area contributed by atoms with E-state index < -0.39 is 101 Å². The van der Waals surface area contributed by atoms with Crippen molar-refractivity contribution < 1.29 is 71.7 Å². The molecule has 0 aliphatic carbocycles. The van der Waals surface area contributed by atoms with Crippen molar-refractivity contribution >= 4 is 70.7 Å². The van der Waals surface area contributed by atoms with Crippen LogP contribution in [0.1, 0.15) is 131 Å². The number of carbonyl (C=O) groups excluding carboxylic acids is 11. The van der Waals surface area contributed by atoms with Gasteiger partial charge in [0.2, 0.25) is 47.1 Å². The third kappa shape index (κ3) is 21.6. The maximum absolute atomic E-state index is 15.3. The number of methoxy groups -OCH3 is 2. The summed E-state index contributed by atoms with van der Waals surface area (Å²) in [6, 6.07) is 31.2. The van der Waals surface area contributed by atoms with Gasteiger partial charge in [-0.2, -0.15) is 0 Å². The minimum Gasteiger partial charge on any atom is -0.493 e. The third-order valence-electron chi connectivity index (χ3n) is 18.3. The molecule has 24 heteroatoms. The van der Waals surface area contributed by atoms with E-state index >= 15 is 9.59 Å². The Bertz CT molecular complexity index is 3770. The first-order valence-corrected chi connectivity index (χ1v) is 34.5. The van der Waals surface area contributed by atoms with Crippen molar-refractivity contribution in [2.45, 2.75) is 148 Å². The summed E-state index contributed by atoms with van der Waals surface area (Å²) < 4.78 is 22.9. The molecule has 24 nitrogen and oxygen atoms in total. The molecule has 0 unspecified atom stereocenters. The molecular weight excluding hydrogens is 1290 g/mol. The monoisotopic (exact) mass is 1390 g/mol. The Labute approximate surface area is 590 Å². The number of nitrogens with one attached hydrogen (secondary N) is 5. The second-order valence-electron chi connectivity index (χ2n) is 26.9. The summed E-state index contributed by atoms with van der Waals surface area (Å²) >= 11 is 0. The van der Waals surface area contributed by atoms with Crippen molar-refractivity contribution in [3.05, 3.63) is 173 Å². The van der Waals surface area contributed by atoms with E-state index in [2.05, 4.69) is 26.6 Å². The lowest BCUT2D eigenvalue weighted by atomic mass is 9.87. The van der Waals surface area contributed by atoms with E-state index in [4.69, 9.17) is 18.9 Å². The van der Waals surface area contributed by atoms with Gasteiger partial charge in [-0.3, -0.25) is 43.2 Å². The summed E-state index contributed by atoms with van der Waals surface area (Å²) in [5.74, 6) is -6.10. The number of likely N-dealkylation sites (N-methyl/N-ethyl adjacent to an activating group) is 2. The number of ether oxygens (including phenoxy) is 4. The summed E-state index contributed by atoms with van der Waals surface area (Å²) in [5, 5.41) is 14.5. The van der Waals surface area contributed by atoms with Crippen LogP contribution < -0.4 is 36.1 Å². The molecule has 538 valence electrons. The fraction of sp³-hybridized carbons (Fsp3) is 0.442. The molecule has 101 heavy (non-hydrogen) atoms. The van der Waals surface area contributed by atoms with Gasteiger partial charge in [-0.1, -0.05) is 117 Å². The first kappa shape index (κ1) is 76.4. The molecule has 0 spiro atoms. The van der Waals surface area contributed by atoms with E-state index in [9.17, 15) is 43.2 Å². The molecule has 3 heterocycles. The van der Waals surface area contributed by atoms with Gasteiger partial charge in [0.05, 0.1) is 26.1 Å². The van der Waals surface area contributed by atoms with E-state index in [1.165, 1.54) is 60.9 Å². The Balaban J connectivity index is 1.08. The molecule has 3 aliphatic heterocycles. The molecule has 3 aliphatic rings. The number of benzene rings is 5. The number of nitrogens with zero attached hydrogens (tertiary/aromatic N) is 4. The zero-order valence-electron chi connectivity index (χ0n) is 59.0. The fourth-order valence-electron chi connectivity index (χ4n) is 12.6. The summed E-state index contributed by atoms with van der Waals surface area (Å²) in [5.41, 5.74) is 2.69. The predicted molar refractivity (Wildman–Crippen MR) is 377 cm³/mol. The Hall–Kier alpha value is -10.4. The molecule has 0 aromatic heterocycles. The van der Waals surface area contributed by atoms with Crippen molar-refractivity contribution in [2.75, 3.05) is 66.4 Å². The second-order valence-corrected chi connectivity index (χ2v) is 26.9. The van der Waals surface area contributed by atoms with Crippen LogP contribution in [0.25, 0.3) is 0 Å². The first-order chi connectivity index (χ1) is 48.4. The Kier molecular flexibility index (Phi) is 27.7. The lowest BCUT2D eigenvalue weighted by molar-refractivity contribution is -0.165. The highest BCUT2D eigenvalue weighted by molar-refractivity contribution is 6.38. The molecule has 2 bridgehead atoms. The largest absolute Gasteiger partial charge is 0.493 e. The Morgan fingerprint density at radius 1 is 0.663 bits per heavy atom. The zero-order valence-corrected chi connectivity index (χ0v) is 59.0. The maximum Gasteiger partial charge on any atom is 0.332 e. The van der Waals surface area contributed by atoms with Crippen LogP contribution in [0.3, 0.4) is 0 Å². The highest BCUT2D eigenvalue weighted by atomic mass is 16.5. The van der Waals surface area contributed by atoms with Gasteiger partial charge in [0, 0.05) is 84.0 Å². The molecule has 2 fully saturated rings.